The van der Waals surface area contributed by atoms with Gasteiger partial charge in [-0.1, -0.05) is 6.08 Å². The van der Waals surface area contributed by atoms with Crippen molar-refractivity contribution in [3.05, 3.63) is 65.2 Å². The van der Waals surface area contributed by atoms with E-state index in [1.165, 1.54) is 23.0 Å². The molecule has 0 saturated carbocycles. The largest absolute Gasteiger partial charge is 0.478 e. The number of hydrogen-bond acceptors (Lipinski definition) is 7. The number of hydrogen-bond donors (Lipinski definition) is 2. The van der Waals surface area contributed by atoms with E-state index in [2.05, 4.69) is 38.7 Å². The third-order valence-electron chi connectivity index (χ3n) is 5.37. The Hall–Kier alpha value is -3.72. The minimum absolute atomic E-state index is 0.0627. The number of piperazine rings is 1. The molecule has 160 valence electrons. The quantitative estimate of drug-likeness (QED) is 0.585. The summed E-state index contributed by atoms with van der Waals surface area (Å²) in [4.78, 5) is 37.5. The fourth-order valence-corrected chi connectivity index (χ4v) is 3.61. The van der Waals surface area contributed by atoms with Gasteiger partial charge in [0.05, 0.1) is 10.9 Å². The highest BCUT2D eigenvalue weighted by Crippen LogP contribution is 2.22. The molecule has 0 unspecified atom stereocenters. The molecule has 1 aromatic carbocycles. The van der Waals surface area contributed by atoms with Crippen LogP contribution in [0.25, 0.3) is 10.9 Å². The molecule has 0 aliphatic carbocycles. The van der Waals surface area contributed by atoms with Gasteiger partial charge < -0.3 is 24.8 Å². The number of nitrogens with one attached hydrogen (secondary N) is 1. The standard InChI is InChI=1S/C22H24N6O3/c1-3-8-28-14-18(21(30)31)19-17(20(28)29)13-23-22(25-19)24-15-4-6-16(7-5-15)27-11-9-26(2)10-12-27/h3-7,13-14H,1,8-12H2,2H3,(H,30,31)(H,23,24,25). The lowest BCUT2D eigenvalue weighted by molar-refractivity contribution is 0.0698. The van der Waals surface area contributed by atoms with Gasteiger partial charge in [-0.2, -0.15) is 0 Å². The van der Waals surface area contributed by atoms with Crippen LogP contribution in [-0.4, -0.2) is 63.7 Å². The Labute approximate surface area is 179 Å². The van der Waals surface area contributed by atoms with Gasteiger partial charge in [0.15, 0.2) is 0 Å². The number of carboxylic acid groups (broad SMARTS) is 1. The van der Waals surface area contributed by atoms with Crippen molar-refractivity contribution in [2.45, 2.75) is 6.54 Å². The molecular weight excluding hydrogens is 396 g/mol. The lowest BCUT2D eigenvalue weighted by Gasteiger charge is -2.34. The highest BCUT2D eigenvalue weighted by Gasteiger charge is 2.17. The fraction of sp³-hybridized carbons (Fsp3) is 0.273. The molecule has 9 nitrogen and oxygen atoms in total. The van der Waals surface area contributed by atoms with Crippen LogP contribution in [0.3, 0.4) is 0 Å². The van der Waals surface area contributed by atoms with E-state index in [0.29, 0.717) is 0 Å². The lowest BCUT2D eigenvalue weighted by Crippen LogP contribution is -2.44. The average Bonchev–Trinajstić information content (AvgIpc) is 2.77. The van der Waals surface area contributed by atoms with E-state index in [4.69, 9.17) is 0 Å². The molecule has 1 fully saturated rings. The SMILES string of the molecule is C=CCn1cc(C(=O)O)c2nc(Nc3ccc(N4CCN(C)CC4)cc3)ncc2c1=O. The van der Waals surface area contributed by atoms with Gasteiger partial charge in [0.1, 0.15) is 5.56 Å². The third-order valence-corrected chi connectivity index (χ3v) is 5.37. The van der Waals surface area contributed by atoms with Gasteiger partial charge in [-0.3, -0.25) is 4.79 Å². The molecule has 1 aliphatic rings. The van der Waals surface area contributed by atoms with Crippen LogP contribution in [0.2, 0.25) is 0 Å². The third kappa shape index (κ3) is 4.26. The minimum Gasteiger partial charge on any atom is -0.478 e. The molecule has 1 saturated heterocycles. The zero-order valence-corrected chi connectivity index (χ0v) is 17.3. The highest BCUT2D eigenvalue weighted by molar-refractivity contribution is 6.01. The molecule has 2 aromatic heterocycles. The summed E-state index contributed by atoms with van der Waals surface area (Å²) in [5.41, 5.74) is 1.60. The van der Waals surface area contributed by atoms with Crippen molar-refractivity contribution in [3.63, 3.8) is 0 Å². The van der Waals surface area contributed by atoms with Gasteiger partial charge in [0, 0.05) is 56.5 Å². The fourth-order valence-electron chi connectivity index (χ4n) is 3.61. The van der Waals surface area contributed by atoms with E-state index in [1.54, 1.807) is 0 Å². The van der Waals surface area contributed by atoms with E-state index >= 15 is 0 Å². The number of allylic oxidation sites excluding steroid dienone is 1. The molecule has 1 aliphatic heterocycles. The Morgan fingerprint density at radius 2 is 1.94 bits per heavy atom. The summed E-state index contributed by atoms with van der Waals surface area (Å²) in [6.45, 7) is 7.84. The summed E-state index contributed by atoms with van der Waals surface area (Å²) in [7, 11) is 2.12. The Morgan fingerprint density at radius 3 is 2.58 bits per heavy atom. The summed E-state index contributed by atoms with van der Waals surface area (Å²) < 4.78 is 1.28. The van der Waals surface area contributed by atoms with Crippen molar-refractivity contribution >= 4 is 34.2 Å². The van der Waals surface area contributed by atoms with Crippen LogP contribution in [0.15, 0.2) is 54.1 Å². The number of likely N-dealkylation sites (N-methyl/N-ethyl adjacent to an activating group) is 1. The van der Waals surface area contributed by atoms with Gasteiger partial charge in [-0.25, -0.2) is 14.8 Å². The van der Waals surface area contributed by atoms with Crippen molar-refractivity contribution in [2.24, 2.45) is 0 Å². The number of aromatic nitrogens is 3. The van der Waals surface area contributed by atoms with Gasteiger partial charge >= 0.3 is 5.97 Å². The highest BCUT2D eigenvalue weighted by atomic mass is 16.4. The predicted molar refractivity (Wildman–Crippen MR) is 120 cm³/mol. The molecule has 0 bridgehead atoms. The second-order valence-corrected chi connectivity index (χ2v) is 7.51. The van der Waals surface area contributed by atoms with Crippen LogP contribution in [0.1, 0.15) is 10.4 Å². The molecule has 4 rings (SSSR count). The molecule has 3 aromatic rings. The van der Waals surface area contributed by atoms with Crippen molar-refractivity contribution < 1.29 is 9.90 Å². The molecule has 0 spiro atoms. The zero-order valence-electron chi connectivity index (χ0n) is 17.3. The Kier molecular flexibility index (Phi) is 5.68. The summed E-state index contributed by atoms with van der Waals surface area (Å²) in [5, 5.41) is 12.8. The second-order valence-electron chi connectivity index (χ2n) is 7.51. The smallest absolute Gasteiger partial charge is 0.339 e. The predicted octanol–water partition coefficient (Wildman–Crippen LogP) is 2.17. The Morgan fingerprint density at radius 1 is 1.23 bits per heavy atom. The number of carboxylic acids is 1. The van der Waals surface area contributed by atoms with E-state index in [0.717, 1.165) is 37.6 Å². The maximum atomic E-state index is 12.6. The Bertz CT molecular complexity index is 1180. The monoisotopic (exact) mass is 420 g/mol. The number of pyridine rings is 1. The van der Waals surface area contributed by atoms with Crippen LogP contribution in [0.5, 0.6) is 0 Å². The first-order valence-corrected chi connectivity index (χ1v) is 10.0. The van der Waals surface area contributed by atoms with Crippen LogP contribution < -0.4 is 15.8 Å². The molecule has 31 heavy (non-hydrogen) atoms. The van der Waals surface area contributed by atoms with Crippen molar-refractivity contribution in [3.8, 4) is 0 Å². The number of fused-ring (bicyclic) bond motifs is 1. The minimum atomic E-state index is -1.16. The lowest BCUT2D eigenvalue weighted by atomic mass is 10.2. The zero-order chi connectivity index (χ0) is 22.0. The molecule has 0 amide bonds. The van der Waals surface area contributed by atoms with Gasteiger partial charge in [-0.05, 0) is 31.3 Å². The molecule has 0 atom stereocenters. The maximum absolute atomic E-state index is 12.6. The first-order chi connectivity index (χ1) is 15.0. The van der Waals surface area contributed by atoms with E-state index in [9.17, 15) is 14.7 Å². The normalized spacial score (nSPS) is 14.5. The van der Waals surface area contributed by atoms with E-state index in [-0.39, 0.29) is 34.5 Å². The molecule has 9 heteroatoms. The molecule has 0 radical (unpaired) electrons. The van der Waals surface area contributed by atoms with Crippen molar-refractivity contribution in [1.82, 2.24) is 19.4 Å². The van der Waals surface area contributed by atoms with Gasteiger partial charge in [0.25, 0.3) is 5.56 Å². The first-order valence-electron chi connectivity index (χ1n) is 10.0. The number of nitrogens with zero attached hydrogens (tertiary/aromatic N) is 5. The second kappa shape index (κ2) is 8.57. The van der Waals surface area contributed by atoms with Gasteiger partial charge in [-0.15, -0.1) is 6.58 Å². The number of aromatic carboxylic acids is 1. The molecular formula is C22H24N6O3. The molecule has 3 heterocycles. The summed E-state index contributed by atoms with van der Waals surface area (Å²) >= 11 is 0. The van der Waals surface area contributed by atoms with Crippen LogP contribution >= 0.6 is 0 Å². The number of carbonyl (C=O) groups is 1. The van der Waals surface area contributed by atoms with Crippen molar-refractivity contribution in [2.75, 3.05) is 43.4 Å². The first kappa shape index (κ1) is 20.5. The van der Waals surface area contributed by atoms with Crippen molar-refractivity contribution in [1.29, 1.82) is 0 Å². The summed E-state index contributed by atoms with van der Waals surface area (Å²) in [6, 6.07) is 7.93. The number of rotatable bonds is 6. The van der Waals surface area contributed by atoms with Crippen LogP contribution in [0, 0.1) is 0 Å². The Balaban J connectivity index is 1.61. The van der Waals surface area contributed by atoms with Crippen LogP contribution in [0.4, 0.5) is 17.3 Å². The number of benzene rings is 1. The number of anilines is 3. The maximum Gasteiger partial charge on any atom is 0.339 e. The van der Waals surface area contributed by atoms with E-state index < -0.39 is 5.97 Å². The van der Waals surface area contributed by atoms with Crippen LogP contribution in [-0.2, 0) is 6.54 Å². The topological polar surface area (TPSA) is 104 Å². The van der Waals surface area contributed by atoms with Gasteiger partial charge in [0.2, 0.25) is 5.95 Å². The van der Waals surface area contributed by atoms with E-state index in [1.807, 2.05) is 24.3 Å². The summed E-state index contributed by atoms with van der Waals surface area (Å²) in [6.07, 6.45) is 4.18. The average molecular weight is 420 g/mol. The summed E-state index contributed by atoms with van der Waals surface area (Å²) in [5.74, 6) is -0.938. The molecule has 2 N–H and O–H groups in total.